The third-order valence-corrected chi connectivity index (χ3v) is 10.7. The van der Waals surface area contributed by atoms with Crippen LogP contribution >= 0.6 is 0 Å². The van der Waals surface area contributed by atoms with Crippen molar-refractivity contribution in [2.75, 3.05) is 0 Å². The van der Waals surface area contributed by atoms with Crippen LogP contribution in [0.15, 0.2) is 203 Å². The Bertz CT molecular complexity index is 3120. The van der Waals surface area contributed by atoms with Crippen LogP contribution in [-0.2, 0) is 0 Å². The third-order valence-electron chi connectivity index (χ3n) is 10.7. The fourth-order valence-electron chi connectivity index (χ4n) is 8.03. The van der Waals surface area contributed by atoms with E-state index in [9.17, 15) is 0 Å². The first-order chi connectivity index (χ1) is 27.7. The highest BCUT2D eigenvalue weighted by Gasteiger charge is 2.21. The topological polar surface area (TPSA) is 52.1 Å². The maximum atomic E-state index is 6.57. The van der Waals surface area contributed by atoms with Crippen LogP contribution in [0.2, 0.25) is 0 Å². The number of hydrogen-bond acceptors (Lipinski definition) is 4. The monoisotopic (exact) mass is 716 g/mol. The maximum absolute atomic E-state index is 6.57. The standard InChI is InChI=1S/C52H32N2O2/c1-3-14-33(15-4-1)35-18-11-19-37(30-35)45-31-36(34-16-5-2-6-17-34)28-29-42(45)52-53-46(43-24-12-22-40-38-20-7-9-26-48(38)55-50(40)43)32-47(54-52)44-25-13-23-41-39-21-8-10-27-49(39)56-51(41)44/h1-32H. The molecular weight excluding hydrogens is 685 g/mol. The summed E-state index contributed by atoms with van der Waals surface area (Å²) in [5, 5.41) is 4.24. The quantitative estimate of drug-likeness (QED) is 0.172. The lowest BCUT2D eigenvalue weighted by atomic mass is 9.92. The van der Waals surface area contributed by atoms with Gasteiger partial charge in [-0.2, -0.15) is 0 Å². The van der Waals surface area contributed by atoms with E-state index in [0.717, 1.165) is 105 Å². The largest absolute Gasteiger partial charge is 0.455 e. The van der Waals surface area contributed by atoms with E-state index in [1.54, 1.807) is 0 Å². The molecular formula is C52H32N2O2. The molecule has 0 amide bonds. The molecule has 0 spiro atoms. The minimum absolute atomic E-state index is 0.610. The van der Waals surface area contributed by atoms with Gasteiger partial charge in [0.05, 0.1) is 11.4 Å². The van der Waals surface area contributed by atoms with E-state index in [1.165, 1.54) is 0 Å². The second-order valence-electron chi connectivity index (χ2n) is 14.1. The van der Waals surface area contributed by atoms with E-state index >= 15 is 0 Å². The Morgan fingerprint density at radius 3 is 1.34 bits per heavy atom. The van der Waals surface area contributed by atoms with E-state index in [0.29, 0.717) is 5.82 Å². The molecule has 0 saturated carbocycles. The van der Waals surface area contributed by atoms with Crippen LogP contribution in [0, 0.1) is 0 Å². The summed E-state index contributed by atoms with van der Waals surface area (Å²) in [5.74, 6) is 0.610. The molecule has 0 atom stereocenters. The van der Waals surface area contributed by atoms with Crippen molar-refractivity contribution in [2.24, 2.45) is 0 Å². The molecule has 0 fully saturated rings. The van der Waals surface area contributed by atoms with Gasteiger partial charge in [0.25, 0.3) is 0 Å². The Morgan fingerprint density at radius 1 is 0.286 bits per heavy atom. The molecule has 0 radical (unpaired) electrons. The lowest BCUT2D eigenvalue weighted by Crippen LogP contribution is -1.98. The van der Waals surface area contributed by atoms with Gasteiger partial charge in [-0.3, -0.25) is 0 Å². The summed E-state index contributed by atoms with van der Waals surface area (Å²) in [7, 11) is 0. The number of aromatic nitrogens is 2. The molecule has 11 rings (SSSR count). The lowest BCUT2D eigenvalue weighted by molar-refractivity contribution is 0.669. The zero-order valence-corrected chi connectivity index (χ0v) is 30.2. The van der Waals surface area contributed by atoms with Crippen LogP contribution < -0.4 is 0 Å². The number of nitrogens with zero attached hydrogens (tertiary/aromatic N) is 2. The van der Waals surface area contributed by atoms with Gasteiger partial charge in [-0.15, -0.1) is 0 Å². The van der Waals surface area contributed by atoms with E-state index in [4.69, 9.17) is 18.8 Å². The number of para-hydroxylation sites is 4. The van der Waals surface area contributed by atoms with E-state index in [2.05, 4.69) is 146 Å². The zero-order chi connectivity index (χ0) is 37.0. The van der Waals surface area contributed by atoms with Crippen molar-refractivity contribution < 1.29 is 8.83 Å². The van der Waals surface area contributed by atoms with Gasteiger partial charge in [-0.25, -0.2) is 9.97 Å². The molecule has 3 aromatic heterocycles. The summed E-state index contributed by atoms with van der Waals surface area (Å²) >= 11 is 0. The smallest absolute Gasteiger partial charge is 0.161 e. The Morgan fingerprint density at radius 2 is 0.750 bits per heavy atom. The summed E-state index contributed by atoms with van der Waals surface area (Å²) in [6.45, 7) is 0. The van der Waals surface area contributed by atoms with Gasteiger partial charge < -0.3 is 8.83 Å². The number of furan rings is 2. The van der Waals surface area contributed by atoms with Crippen molar-refractivity contribution in [3.05, 3.63) is 194 Å². The van der Waals surface area contributed by atoms with Crippen LogP contribution in [-0.4, -0.2) is 9.97 Å². The summed E-state index contributed by atoms with van der Waals surface area (Å²) in [6.07, 6.45) is 0. The van der Waals surface area contributed by atoms with Crippen molar-refractivity contribution in [3.63, 3.8) is 0 Å². The van der Waals surface area contributed by atoms with Gasteiger partial charge in [-0.1, -0.05) is 146 Å². The zero-order valence-electron chi connectivity index (χ0n) is 30.2. The molecule has 262 valence electrons. The molecule has 0 N–H and O–H groups in total. The van der Waals surface area contributed by atoms with Gasteiger partial charge >= 0.3 is 0 Å². The van der Waals surface area contributed by atoms with E-state index in [-0.39, 0.29) is 0 Å². The van der Waals surface area contributed by atoms with Gasteiger partial charge in [0, 0.05) is 38.2 Å². The molecule has 0 saturated heterocycles. The normalized spacial score (nSPS) is 11.6. The lowest BCUT2D eigenvalue weighted by Gasteiger charge is -2.15. The highest BCUT2D eigenvalue weighted by Crippen LogP contribution is 2.42. The SMILES string of the molecule is c1ccc(-c2cccc(-c3cc(-c4ccccc4)ccc3-c3nc(-c4cccc5c4oc4ccccc45)cc(-c4cccc5c4oc4ccccc45)n3)c2)cc1. The second-order valence-corrected chi connectivity index (χ2v) is 14.1. The number of benzene rings is 8. The summed E-state index contributed by atoms with van der Waals surface area (Å²) in [5.41, 5.74) is 14.2. The Kier molecular flexibility index (Phi) is 7.46. The van der Waals surface area contributed by atoms with Crippen molar-refractivity contribution in [3.8, 4) is 67.3 Å². The summed E-state index contributed by atoms with van der Waals surface area (Å²) in [4.78, 5) is 10.8. The third kappa shape index (κ3) is 5.39. The van der Waals surface area contributed by atoms with Gasteiger partial charge in [0.15, 0.2) is 5.82 Å². The molecule has 0 unspecified atom stereocenters. The van der Waals surface area contributed by atoms with E-state index in [1.807, 2.05) is 48.5 Å². The summed E-state index contributed by atoms with van der Waals surface area (Å²) in [6, 6.07) is 67.3. The van der Waals surface area contributed by atoms with Crippen molar-refractivity contribution in [1.29, 1.82) is 0 Å². The Balaban J connectivity index is 1.19. The number of fused-ring (bicyclic) bond motifs is 6. The van der Waals surface area contributed by atoms with Gasteiger partial charge in [0.1, 0.15) is 22.3 Å². The molecule has 8 aromatic carbocycles. The van der Waals surface area contributed by atoms with Crippen LogP contribution in [0.5, 0.6) is 0 Å². The molecule has 0 aliphatic carbocycles. The molecule has 4 nitrogen and oxygen atoms in total. The van der Waals surface area contributed by atoms with Crippen LogP contribution in [0.3, 0.4) is 0 Å². The first-order valence-corrected chi connectivity index (χ1v) is 18.8. The second kappa shape index (κ2) is 13.1. The molecule has 56 heavy (non-hydrogen) atoms. The number of hydrogen-bond donors (Lipinski definition) is 0. The van der Waals surface area contributed by atoms with Gasteiger partial charge in [-0.05, 0) is 81.9 Å². The van der Waals surface area contributed by atoms with Crippen LogP contribution in [0.4, 0.5) is 0 Å². The predicted molar refractivity (Wildman–Crippen MR) is 229 cm³/mol. The first-order valence-electron chi connectivity index (χ1n) is 18.8. The minimum atomic E-state index is 0.610. The summed E-state index contributed by atoms with van der Waals surface area (Å²) < 4.78 is 13.1. The molecule has 4 heteroatoms. The average molecular weight is 717 g/mol. The minimum Gasteiger partial charge on any atom is -0.455 e. The van der Waals surface area contributed by atoms with Gasteiger partial charge in [0.2, 0.25) is 0 Å². The van der Waals surface area contributed by atoms with Crippen molar-refractivity contribution >= 4 is 43.9 Å². The highest BCUT2D eigenvalue weighted by molar-refractivity contribution is 6.11. The highest BCUT2D eigenvalue weighted by atomic mass is 16.3. The number of rotatable bonds is 6. The van der Waals surface area contributed by atoms with Crippen LogP contribution in [0.1, 0.15) is 0 Å². The Labute approximate surface area is 323 Å². The maximum Gasteiger partial charge on any atom is 0.161 e. The molecule has 3 heterocycles. The fraction of sp³-hybridized carbons (Fsp3) is 0. The Hall–Kier alpha value is -7.56. The molecule has 0 bridgehead atoms. The van der Waals surface area contributed by atoms with E-state index < -0.39 is 0 Å². The molecule has 0 aliphatic rings. The molecule has 11 aromatic rings. The van der Waals surface area contributed by atoms with Crippen LogP contribution in [0.25, 0.3) is 111 Å². The van der Waals surface area contributed by atoms with Crippen molar-refractivity contribution in [1.82, 2.24) is 9.97 Å². The molecule has 0 aliphatic heterocycles. The predicted octanol–water partition coefficient (Wildman–Crippen LogP) is 14.3. The van der Waals surface area contributed by atoms with Crippen molar-refractivity contribution in [2.45, 2.75) is 0 Å². The average Bonchev–Trinajstić information content (AvgIpc) is 3.86. The fourth-order valence-corrected chi connectivity index (χ4v) is 8.03. The first kappa shape index (κ1) is 31.9.